The van der Waals surface area contributed by atoms with Crippen LogP contribution < -0.4 is 5.32 Å². The molecule has 18 heavy (non-hydrogen) atoms. The van der Waals surface area contributed by atoms with Crippen LogP contribution in [0.1, 0.15) is 12.8 Å². The van der Waals surface area contributed by atoms with Gasteiger partial charge in [-0.2, -0.15) is 13.2 Å². The summed E-state index contributed by atoms with van der Waals surface area (Å²) in [6, 6.07) is -0.0997. The van der Waals surface area contributed by atoms with Crippen molar-refractivity contribution >= 4 is 5.91 Å². The Morgan fingerprint density at radius 2 is 1.89 bits per heavy atom. The zero-order valence-corrected chi connectivity index (χ0v) is 10.8. The Hall–Kier alpha value is -0.820. The van der Waals surface area contributed by atoms with Gasteiger partial charge in [0.15, 0.2) is 0 Å². The van der Waals surface area contributed by atoms with Gasteiger partial charge in [-0.15, -0.1) is 0 Å². The highest BCUT2D eigenvalue weighted by molar-refractivity contribution is 5.77. The molecule has 0 spiro atoms. The number of hydrogen-bond donors (Lipinski definition) is 1. The lowest BCUT2D eigenvalue weighted by Gasteiger charge is -2.32. The summed E-state index contributed by atoms with van der Waals surface area (Å²) in [7, 11) is 3.39. The molecule has 0 aromatic rings. The lowest BCUT2D eigenvalue weighted by molar-refractivity contribution is -0.130. The number of piperidine rings is 1. The molecule has 4 nitrogen and oxygen atoms in total. The van der Waals surface area contributed by atoms with Gasteiger partial charge >= 0.3 is 6.18 Å². The van der Waals surface area contributed by atoms with E-state index in [2.05, 4.69) is 5.32 Å². The van der Waals surface area contributed by atoms with Gasteiger partial charge in [-0.25, -0.2) is 0 Å². The van der Waals surface area contributed by atoms with Crippen LogP contribution in [0.5, 0.6) is 0 Å². The van der Waals surface area contributed by atoms with E-state index in [-0.39, 0.29) is 11.9 Å². The molecule has 0 radical (unpaired) electrons. The average Bonchev–Trinajstić information content (AvgIpc) is 2.27. The van der Waals surface area contributed by atoms with E-state index < -0.39 is 12.7 Å². The van der Waals surface area contributed by atoms with Crippen molar-refractivity contribution in [2.45, 2.75) is 25.1 Å². The number of likely N-dealkylation sites (N-methyl/N-ethyl adjacent to an activating group) is 1. The number of hydrogen-bond acceptors (Lipinski definition) is 3. The van der Waals surface area contributed by atoms with Crippen LogP contribution in [0.4, 0.5) is 13.2 Å². The van der Waals surface area contributed by atoms with Crippen molar-refractivity contribution in [3.8, 4) is 0 Å². The molecule has 1 aliphatic rings. The Labute approximate surface area is 105 Å². The van der Waals surface area contributed by atoms with Gasteiger partial charge in [0.2, 0.25) is 5.91 Å². The number of nitrogens with zero attached hydrogens (tertiary/aromatic N) is 2. The molecule has 0 bridgehead atoms. The molecule has 1 rings (SSSR count). The molecule has 7 heteroatoms. The van der Waals surface area contributed by atoms with Crippen LogP contribution in [0.2, 0.25) is 0 Å². The molecule has 0 atom stereocenters. The molecule has 1 N–H and O–H groups in total. The number of likely N-dealkylation sites (tertiary alicyclic amines) is 1. The van der Waals surface area contributed by atoms with E-state index in [9.17, 15) is 18.0 Å². The Morgan fingerprint density at radius 1 is 1.33 bits per heavy atom. The van der Waals surface area contributed by atoms with Gasteiger partial charge in [0.25, 0.3) is 0 Å². The topological polar surface area (TPSA) is 35.6 Å². The van der Waals surface area contributed by atoms with Gasteiger partial charge in [0.1, 0.15) is 0 Å². The van der Waals surface area contributed by atoms with Crippen molar-refractivity contribution in [2.75, 3.05) is 40.3 Å². The van der Waals surface area contributed by atoms with Crippen molar-refractivity contribution in [3.05, 3.63) is 0 Å². The summed E-state index contributed by atoms with van der Waals surface area (Å²) in [5, 5.41) is 2.51. The molecule has 0 saturated carbocycles. The van der Waals surface area contributed by atoms with Gasteiger partial charge in [0.05, 0.1) is 13.1 Å². The van der Waals surface area contributed by atoms with Crippen molar-refractivity contribution in [2.24, 2.45) is 0 Å². The highest BCUT2D eigenvalue weighted by atomic mass is 19.4. The molecule has 1 fully saturated rings. The molecule has 1 aliphatic heterocycles. The fourth-order valence-corrected chi connectivity index (χ4v) is 1.89. The maximum absolute atomic E-state index is 12.0. The van der Waals surface area contributed by atoms with Crippen LogP contribution in [-0.2, 0) is 4.79 Å². The van der Waals surface area contributed by atoms with E-state index in [4.69, 9.17) is 0 Å². The number of halogens is 3. The summed E-state index contributed by atoms with van der Waals surface area (Å²) in [5.74, 6) is 0.0247. The number of rotatable bonds is 4. The lowest BCUT2D eigenvalue weighted by Crippen LogP contribution is -2.47. The minimum absolute atomic E-state index is 0.0247. The average molecular weight is 267 g/mol. The van der Waals surface area contributed by atoms with Crippen LogP contribution in [0.25, 0.3) is 0 Å². The van der Waals surface area contributed by atoms with Gasteiger partial charge in [-0.3, -0.25) is 9.69 Å². The molecule has 0 unspecified atom stereocenters. The summed E-state index contributed by atoms with van der Waals surface area (Å²) in [6.07, 6.45) is -2.86. The highest BCUT2D eigenvalue weighted by Gasteiger charge is 2.29. The monoisotopic (exact) mass is 267 g/mol. The first-order valence-electron chi connectivity index (χ1n) is 6.00. The van der Waals surface area contributed by atoms with Gasteiger partial charge in [-0.05, 0) is 12.8 Å². The molecule has 1 heterocycles. The van der Waals surface area contributed by atoms with Gasteiger partial charge in [-0.1, -0.05) is 0 Å². The summed E-state index contributed by atoms with van der Waals surface area (Å²) in [6.45, 7) is 0.734. The van der Waals surface area contributed by atoms with Gasteiger partial charge in [0, 0.05) is 33.2 Å². The van der Waals surface area contributed by atoms with Crippen molar-refractivity contribution in [3.63, 3.8) is 0 Å². The van der Waals surface area contributed by atoms with Crippen LogP contribution in [0, 0.1) is 0 Å². The molecule has 0 aliphatic carbocycles. The van der Waals surface area contributed by atoms with Crippen LogP contribution >= 0.6 is 0 Å². The maximum atomic E-state index is 12.0. The number of amides is 1. The lowest BCUT2D eigenvalue weighted by atomic mass is 10.1. The molecular weight excluding hydrogens is 247 g/mol. The van der Waals surface area contributed by atoms with Crippen molar-refractivity contribution in [1.29, 1.82) is 0 Å². The molecule has 0 aromatic heterocycles. The Bertz CT molecular complexity index is 273. The molecule has 0 aromatic carbocycles. The van der Waals surface area contributed by atoms with Crippen molar-refractivity contribution in [1.82, 2.24) is 15.1 Å². The SMILES string of the molecule is CN(C)C(=O)CN1CCC(NCC(F)(F)F)CC1. The maximum Gasteiger partial charge on any atom is 0.401 e. The summed E-state index contributed by atoms with van der Waals surface area (Å²) in [4.78, 5) is 15.0. The minimum atomic E-state index is -4.15. The smallest absolute Gasteiger partial charge is 0.348 e. The molecule has 1 amide bonds. The first-order chi connectivity index (χ1) is 8.28. The highest BCUT2D eigenvalue weighted by Crippen LogP contribution is 2.15. The van der Waals surface area contributed by atoms with E-state index in [1.165, 1.54) is 4.90 Å². The molecule has 106 valence electrons. The number of carbonyl (C=O) groups is 1. The third kappa shape index (κ3) is 5.68. The van der Waals surface area contributed by atoms with E-state index in [0.717, 1.165) is 0 Å². The summed E-state index contributed by atoms with van der Waals surface area (Å²) in [5.41, 5.74) is 0. The summed E-state index contributed by atoms with van der Waals surface area (Å²) >= 11 is 0. The van der Waals surface area contributed by atoms with Crippen LogP contribution in [0.15, 0.2) is 0 Å². The zero-order chi connectivity index (χ0) is 13.8. The standard InChI is InChI=1S/C11H20F3N3O/c1-16(2)10(18)7-17-5-3-9(4-6-17)15-8-11(12,13)14/h9,15H,3-8H2,1-2H3. The molecule has 1 saturated heterocycles. The Morgan fingerprint density at radius 3 is 2.33 bits per heavy atom. The van der Waals surface area contributed by atoms with E-state index in [0.29, 0.717) is 32.5 Å². The van der Waals surface area contributed by atoms with Crippen LogP contribution in [-0.4, -0.2) is 68.2 Å². The predicted octanol–water partition coefficient (Wildman–Crippen LogP) is 0.691. The van der Waals surface area contributed by atoms with E-state index in [1.54, 1.807) is 14.1 Å². The van der Waals surface area contributed by atoms with Gasteiger partial charge < -0.3 is 10.2 Å². The fraction of sp³-hybridized carbons (Fsp3) is 0.909. The second-order valence-electron chi connectivity index (χ2n) is 4.83. The first-order valence-corrected chi connectivity index (χ1v) is 6.00. The second kappa shape index (κ2) is 6.38. The van der Waals surface area contributed by atoms with E-state index >= 15 is 0 Å². The number of carbonyl (C=O) groups excluding carboxylic acids is 1. The number of alkyl halides is 3. The van der Waals surface area contributed by atoms with Crippen LogP contribution in [0.3, 0.4) is 0 Å². The quantitative estimate of drug-likeness (QED) is 0.814. The fourth-order valence-electron chi connectivity index (χ4n) is 1.89. The van der Waals surface area contributed by atoms with Crippen molar-refractivity contribution < 1.29 is 18.0 Å². The number of nitrogens with one attached hydrogen (secondary N) is 1. The zero-order valence-electron chi connectivity index (χ0n) is 10.8. The largest absolute Gasteiger partial charge is 0.401 e. The predicted molar refractivity (Wildman–Crippen MR) is 62.2 cm³/mol. The molecular formula is C11H20F3N3O. The normalized spacial score (nSPS) is 18.9. The first kappa shape index (κ1) is 15.2. The third-order valence-electron chi connectivity index (χ3n) is 3.04. The minimum Gasteiger partial charge on any atom is -0.348 e. The van der Waals surface area contributed by atoms with E-state index in [1.807, 2.05) is 4.90 Å². The third-order valence-corrected chi connectivity index (χ3v) is 3.04. The Balaban J connectivity index is 2.22. The second-order valence-corrected chi connectivity index (χ2v) is 4.83. The summed E-state index contributed by atoms with van der Waals surface area (Å²) < 4.78 is 36.1. The Kier molecular flexibility index (Phi) is 5.40.